The molecular formula is C38H63N5O8S. The van der Waals surface area contributed by atoms with Gasteiger partial charge in [0.05, 0.1) is 22.1 Å². The van der Waals surface area contributed by atoms with Gasteiger partial charge in [0.1, 0.15) is 12.1 Å². The second kappa shape index (κ2) is 15.2. The second-order valence-corrected chi connectivity index (χ2v) is 20.8. The lowest BCUT2D eigenvalue weighted by Gasteiger charge is -2.42. The molecule has 0 bridgehead atoms. The van der Waals surface area contributed by atoms with Gasteiger partial charge in [0, 0.05) is 25.8 Å². The van der Waals surface area contributed by atoms with Gasteiger partial charge in [-0.2, -0.15) is 0 Å². The summed E-state index contributed by atoms with van der Waals surface area (Å²) in [6.45, 7) is 14.5. The number of fused-ring (bicyclic) bond motifs is 1. The maximum Gasteiger partial charge on any atom is 0.315 e. The molecule has 294 valence electrons. The minimum atomic E-state index is -3.62. The Morgan fingerprint density at radius 3 is 2.13 bits per heavy atom. The number of carbonyl (C=O) groups excluding carboxylic acids is 5. The van der Waals surface area contributed by atoms with E-state index in [9.17, 15) is 32.4 Å². The van der Waals surface area contributed by atoms with E-state index in [1.807, 2.05) is 27.7 Å². The summed E-state index contributed by atoms with van der Waals surface area (Å²) in [6.07, 6.45) is 7.75. The van der Waals surface area contributed by atoms with E-state index in [2.05, 4.69) is 35.1 Å². The molecule has 0 radical (unpaired) electrons. The molecule has 1 unspecified atom stereocenters. The molecule has 3 aliphatic carbocycles. The molecular weight excluding hydrogens is 687 g/mol. The number of likely N-dealkylation sites (tertiary alicyclic amines) is 1. The molecule has 2 heterocycles. The molecule has 13 nitrogen and oxygen atoms in total. The number of nitrogens with zero attached hydrogens (tertiary/aromatic N) is 1. The van der Waals surface area contributed by atoms with Crippen molar-refractivity contribution in [1.29, 1.82) is 0 Å². The summed E-state index contributed by atoms with van der Waals surface area (Å²) in [7, 11) is -3.62. The molecule has 5 fully saturated rings. The molecule has 5 aliphatic rings. The normalized spacial score (nSPS) is 27.4. The first-order valence-corrected chi connectivity index (χ1v) is 21.2. The molecule has 5 rings (SSSR count). The average Bonchev–Trinajstić information content (AvgIpc) is 3.92. The van der Waals surface area contributed by atoms with Crippen LogP contribution in [0.4, 0.5) is 4.79 Å². The fourth-order valence-electron chi connectivity index (χ4n) is 8.80. The number of Topliss-reactive ketones (excluding diaryl/α,β-unsaturated/α-hetero) is 1. The SMILES string of the molecule is CCCC[C@H](NC(=O)[C@@H]1[C@@H]2C(CN1C(=O)[C@@H](NC(=O)NC1(CS(=O)(=O)C3(C)CCOCC3)CCCCC1)C(C)(C)C)C2(C)C)C(=O)C(=O)NC1CC1. The summed E-state index contributed by atoms with van der Waals surface area (Å²) < 4.78 is 32.3. The number of rotatable bonds is 14. The lowest BCUT2D eigenvalue weighted by atomic mass is 9.83. The first-order valence-electron chi connectivity index (χ1n) is 19.6. The third-order valence-electron chi connectivity index (χ3n) is 12.7. The number of nitrogens with one attached hydrogen (secondary N) is 4. The number of urea groups is 1. The molecule has 0 aromatic carbocycles. The minimum absolute atomic E-state index is 0.00152. The predicted molar refractivity (Wildman–Crippen MR) is 197 cm³/mol. The zero-order valence-corrected chi connectivity index (χ0v) is 33.2. The molecule has 4 N–H and O–H groups in total. The van der Waals surface area contributed by atoms with Crippen molar-refractivity contribution in [2.75, 3.05) is 25.5 Å². The topological polar surface area (TPSA) is 180 Å². The molecule has 0 aromatic rings. The molecule has 2 saturated heterocycles. The lowest BCUT2D eigenvalue weighted by molar-refractivity contribution is -0.145. The molecule has 0 spiro atoms. The van der Waals surface area contributed by atoms with Crippen molar-refractivity contribution < 1.29 is 37.1 Å². The quantitative estimate of drug-likeness (QED) is 0.195. The zero-order valence-electron chi connectivity index (χ0n) is 32.4. The number of piperidine rings is 1. The Labute approximate surface area is 310 Å². The smallest absolute Gasteiger partial charge is 0.315 e. The van der Waals surface area contributed by atoms with Gasteiger partial charge in [-0.15, -0.1) is 0 Å². The van der Waals surface area contributed by atoms with Crippen molar-refractivity contribution in [2.45, 2.75) is 160 Å². The van der Waals surface area contributed by atoms with Gasteiger partial charge in [-0.1, -0.05) is 73.6 Å². The highest BCUT2D eigenvalue weighted by Gasteiger charge is 2.70. The summed E-state index contributed by atoms with van der Waals surface area (Å²) in [5.74, 6) is -2.50. The Balaban J connectivity index is 1.33. The maximum atomic E-state index is 14.6. The molecule has 0 aromatic heterocycles. The van der Waals surface area contributed by atoms with Gasteiger partial charge < -0.3 is 30.9 Å². The lowest BCUT2D eigenvalue weighted by Crippen LogP contribution is -2.64. The number of ketones is 1. The maximum absolute atomic E-state index is 14.6. The first-order chi connectivity index (χ1) is 24.3. The zero-order chi connectivity index (χ0) is 38.3. The number of ether oxygens (including phenoxy) is 1. The van der Waals surface area contributed by atoms with Crippen LogP contribution in [0.5, 0.6) is 0 Å². The van der Waals surface area contributed by atoms with Crippen LogP contribution in [0.25, 0.3) is 0 Å². The van der Waals surface area contributed by atoms with Crippen molar-refractivity contribution in [3.05, 3.63) is 0 Å². The van der Waals surface area contributed by atoms with Crippen LogP contribution in [-0.2, 0) is 33.8 Å². The standard InChI is InChI=1S/C38H63N5O8S/c1-8-9-13-26(29(44)32(46)39-24-14-15-24)40-31(45)28-27-25(36(27,5)6)22-43(28)33(47)30(35(2,3)4)41-34(48)42-38(16-11-10-12-17-38)23-52(49,50)37(7)18-20-51-21-19-37/h24-28,30H,8-23H2,1-7H3,(H,39,46)(H,40,45)(H2,41,42,48)/t25?,26-,27-,28-,30+/m0/s1. The van der Waals surface area contributed by atoms with Crippen LogP contribution in [0.3, 0.4) is 0 Å². The molecule has 2 aliphatic heterocycles. The largest absolute Gasteiger partial charge is 0.381 e. The number of amides is 5. The number of hydrogen-bond donors (Lipinski definition) is 4. The van der Waals surface area contributed by atoms with E-state index in [0.717, 1.165) is 38.5 Å². The molecule has 14 heteroatoms. The van der Waals surface area contributed by atoms with Gasteiger partial charge in [-0.05, 0) is 74.5 Å². The molecule has 5 amide bonds. The molecule has 5 atom stereocenters. The average molecular weight is 750 g/mol. The molecule has 3 saturated carbocycles. The number of carbonyl (C=O) groups is 5. The van der Waals surface area contributed by atoms with Crippen molar-refractivity contribution >= 4 is 39.4 Å². The van der Waals surface area contributed by atoms with E-state index >= 15 is 0 Å². The Kier molecular flexibility index (Phi) is 11.8. The van der Waals surface area contributed by atoms with Crippen LogP contribution in [0.2, 0.25) is 0 Å². The van der Waals surface area contributed by atoms with Crippen molar-refractivity contribution in [2.24, 2.45) is 22.7 Å². The first kappa shape index (κ1) is 40.4. The monoisotopic (exact) mass is 749 g/mol. The van der Waals surface area contributed by atoms with E-state index in [1.54, 1.807) is 11.8 Å². The van der Waals surface area contributed by atoms with Crippen molar-refractivity contribution in [3.8, 4) is 0 Å². The Morgan fingerprint density at radius 2 is 1.56 bits per heavy atom. The highest BCUT2D eigenvalue weighted by atomic mass is 32.2. The highest BCUT2D eigenvalue weighted by molar-refractivity contribution is 7.92. The summed E-state index contributed by atoms with van der Waals surface area (Å²) in [4.78, 5) is 70.2. The van der Waals surface area contributed by atoms with E-state index in [-0.39, 0.29) is 29.0 Å². The van der Waals surface area contributed by atoms with Crippen LogP contribution >= 0.6 is 0 Å². The van der Waals surface area contributed by atoms with Crippen LogP contribution < -0.4 is 21.3 Å². The highest BCUT2D eigenvalue weighted by Crippen LogP contribution is 2.65. The van der Waals surface area contributed by atoms with E-state index in [1.165, 1.54) is 0 Å². The third kappa shape index (κ3) is 8.63. The summed E-state index contributed by atoms with van der Waals surface area (Å²) in [5, 5.41) is 11.6. The fourth-order valence-corrected chi connectivity index (χ4v) is 11.0. The summed E-state index contributed by atoms with van der Waals surface area (Å²) in [6, 6.07) is -3.52. The van der Waals surface area contributed by atoms with E-state index in [0.29, 0.717) is 58.3 Å². The Morgan fingerprint density at radius 1 is 0.923 bits per heavy atom. The van der Waals surface area contributed by atoms with Gasteiger partial charge in [0.2, 0.25) is 17.6 Å². The fraction of sp³-hybridized carbons (Fsp3) is 0.868. The Hall–Kier alpha value is -2.74. The van der Waals surface area contributed by atoms with Gasteiger partial charge in [0.15, 0.2) is 9.84 Å². The minimum Gasteiger partial charge on any atom is -0.381 e. The van der Waals surface area contributed by atoms with Gasteiger partial charge >= 0.3 is 6.03 Å². The van der Waals surface area contributed by atoms with Crippen molar-refractivity contribution in [1.82, 2.24) is 26.2 Å². The second-order valence-electron chi connectivity index (χ2n) is 18.3. The summed E-state index contributed by atoms with van der Waals surface area (Å²) >= 11 is 0. The van der Waals surface area contributed by atoms with Gasteiger partial charge in [-0.3, -0.25) is 19.2 Å². The predicted octanol–water partition coefficient (Wildman–Crippen LogP) is 3.39. The number of unbranched alkanes of at least 4 members (excludes halogenated alkanes) is 1. The van der Waals surface area contributed by atoms with Crippen LogP contribution in [0.15, 0.2) is 0 Å². The third-order valence-corrected chi connectivity index (χ3v) is 15.6. The van der Waals surface area contributed by atoms with Crippen molar-refractivity contribution in [3.63, 3.8) is 0 Å². The van der Waals surface area contributed by atoms with Crippen LogP contribution in [0.1, 0.15) is 126 Å². The van der Waals surface area contributed by atoms with Crippen LogP contribution in [-0.4, -0.2) is 103 Å². The summed E-state index contributed by atoms with van der Waals surface area (Å²) in [5.41, 5.74) is -1.94. The molecule has 52 heavy (non-hydrogen) atoms. The van der Waals surface area contributed by atoms with E-state index in [4.69, 9.17) is 4.74 Å². The number of hydrogen-bond acceptors (Lipinski definition) is 8. The Bertz CT molecular complexity index is 1490. The van der Waals surface area contributed by atoms with Gasteiger partial charge in [-0.25, -0.2) is 13.2 Å². The van der Waals surface area contributed by atoms with Crippen LogP contribution in [0, 0.1) is 22.7 Å². The number of sulfone groups is 1. The van der Waals surface area contributed by atoms with E-state index < -0.39 is 73.2 Å². The van der Waals surface area contributed by atoms with Gasteiger partial charge in [0.25, 0.3) is 5.91 Å².